The van der Waals surface area contributed by atoms with E-state index in [4.69, 9.17) is 10.2 Å². The Morgan fingerprint density at radius 2 is 2.43 bits per heavy atom. The number of hydrogen-bond acceptors (Lipinski definition) is 3. The second-order valence-corrected chi connectivity index (χ2v) is 1.62. The van der Waals surface area contributed by atoms with Crippen molar-refractivity contribution in [2.24, 2.45) is 0 Å². The van der Waals surface area contributed by atoms with Crippen molar-refractivity contribution in [1.29, 1.82) is 0 Å². The molecule has 0 unspecified atom stereocenters. The van der Waals surface area contributed by atoms with Crippen LogP contribution < -0.4 is 0 Å². The number of hydrogen-bond donors (Lipinski definition) is 2. The van der Waals surface area contributed by atoms with Gasteiger partial charge in [0.1, 0.15) is 12.2 Å². The summed E-state index contributed by atoms with van der Waals surface area (Å²) >= 11 is 0. The Balaban J connectivity index is 2.10. The van der Waals surface area contributed by atoms with Crippen molar-refractivity contribution in [3.63, 3.8) is 0 Å². The zero-order chi connectivity index (χ0) is 5.28. The molecule has 1 rings (SSSR count). The van der Waals surface area contributed by atoms with Crippen LogP contribution in [0.25, 0.3) is 0 Å². The van der Waals surface area contributed by atoms with E-state index >= 15 is 0 Å². The first-order valence-electron chi connectivity index (χ1n) is 2.25. The second kappa shape index (κ2) is 1.78. The van der Waals surface area contributed by atoms with Crippen LogP contribution in [0.3, 0.4) is 0 Å². The maximum absolute atomic E-state index is 8.62. The fourth-order valence-electron chi connectivity index (χ4n) is 0.395. The Morgan fingerprint density at radius 3 is 2.57 bits per heavy atom. The maximum Gasteiger partial charge on any atom is 0.109 e. The summed E-state index contributed by atoms with van der Waals surface area (Å²) in [6.07, 6.45) is -0.731. The molecule has 0 amide bonds. The van der Waals surface area contributed by atoms with Crippen LogP contribution in [0.2, 0.25) is 0 Å². The first-order chi connectivity index (χ1) is 3.34. The van der Waals surface area contributed by atoms with E-state index in [2.05, 4.69) is 4.74 Å². The number of epoxide rings is 1. The summed E-state index contributed by atoms with van der Waals surface area (Å²) in [6.45, 7) is 0.409. The van der Waals surface area contributed by atoms with Crippen molar-refractivity contribution in [3.8, 4) is 0 Å². The SMILES string of the molecule is OC[C@H](O)[C@H]1CO1. The van der Waals surface area contributed by atoms with Crippen molar-refractivity contribution in [1.82, 2.24) is 0 Å². The fourth-order valence-corrected chi connectivity index (χ4v) is 0.395. The van der Waals surface area contributed by atoms with Gasteiger partial charge in [-0.25, -0.2) is 0 Å². The minimum Gasteiger partial charge on any atom is -0.394 e. The Morgan fingerprint density at radius 1 is 1.86 bits per heavy atom. The summed E-state index contributed by atoms with van der Waals surface area (Å²) in [5.41, 5.74) is 0. The van der Waals surface area contributed by atoms with Crippen LogP contribution in [-0.4, -0.2) is 35.6 Å². The molecule has 0 aromatic rings. The molecule has 2 N–H and O–H groups in total. The predicted octanol–water partition coefficient (Wildman–Crippen LogP) is -1.26. The Labute approximate surface area is 41.5 Å². The van der Waals surface area contributed by atoms with E-state index in [0.717, 1.165) is 0 Å². The third kappa shape index (κ3) is 1.12. The molecule has 0 spiro atoms. The molecule has 42 valence electrons. The number of rotatable bonds is 2. The third-order valence-electron chi connectivity index (χ3n) is 0.975. The maximum atomic E-state index is 8.62. The first kappa shape index (κ1) is 5.03. The van der Waals surface area contributed by atoms with E-state index in [-0.39, 0.29) is 12.7 Å². The zero-order valence-electron chi connectivity index (χ0n) is 3.87. The van der Waals surface area contributed by atoms with Crippen molar-refractivity contribution >= 4 is 0 Å². The molecule has 1 aliphatic rings. The van der Waals surface area contributed by atoms with Crippen molar-refractivity contribution in [2.75, 3.05) is 13.2 Å². The van der Waals surface area contributed by atoms with E-state index in [0.29, 0.717) is 6.61 Å². The molecule has 0 saturated carbocycles. The van der Waals surface area contributed by atoms with Gasteiger partial charge in [-0.3, -0.25) is 0 Å². The second-order valence-electron chi connectivity index (χ2n) is 1.62. The highest BCUT2D eigenvalue weighted by Gasteiger charge is 2.30. The van der Waals surface area contributed by atoms with Crippen LogP contribution in [0, 0.1) is 0 Å². The normalized spacial score (nSPS) is 32.6. The average Bonchev–Trinajstić information content (AvgIpc) is 2.44. The number of ether oxygens (including phenoxy) is 1. The Kier molecular flexibility index (Phi) is 1.27. The molecule has 0 bridgehead atoms. The van der Waals surface area contributed by atoms with Gasteiger partial charge in [-0.2, -0.15) is 0 Å². The lowest BCUT2D eigenvalue weighted by Crippen LogP contribution is -2.18. The topological polar surface area (TPSA) is 53.0 Å². The van der Waals surface area contributed by atoms with E-state index < -0.39 is 6.10 Å². The van der Waals surface area contributed by atoms with Crippen molar-refractivity contribution in [2.45, 2.75) is 12.2 Å². The highest BCUT2D eigenvalue weighted by atomic mass is 16.6. The quantitative estimate of drug-likeness (QED) is 0.430. The smallest absolute Gasteiger partial charge is 0.109 e. The van der Waals surface area contributed by atoms with Crippen molar-refractivity contribution < 1.29 is 14.9 Å². The molecule has 0 aliphatic carbocycles. The molecule has 0 radical (unpaired) electrons. The predicted molar refractivity (Wildman–Crippen MR) is 22.8 cm³/mol. The van der Waals surface area contributed by atoms with Crippen LogP contribution in [-0.2, 0) is 4.74 Å². The third-order valence-corrected chi connectivity index (χ3v) is 0.975. The highest BCUT2D eigenvalue weighted by molar-refractivity contribution is 4.76. The van der Waals surface area contributed by atoms with Gasteiger partial charge in [0.05, 0.1) is 13.2 Å². The van der Waals surface area contributed by atoms with Gasteiger partial charge in [-0.15, -0.1) is 0 Å². The van der Waals surface area contributed by atoms with Crippen molar-refractivity contribution in [3.05, 3.63) is 0 Å². The molecule has 2 atom stereocenters. The highest BCUT2D eigenvalue weighted by Crippen LogP contribution is 2.12. The Bertz CT molecular complexity index is 60.0. The largest absolute Gasteiger partial charge is 0.394 e. The molecule has 3 heteroatoms. The molecule has 7 heavy (non-hydrogen) atoms. The summed E-state index contributed by atoms with van der Waals surface area (Å²) in [5, 5.41) is 16.8. The minimum absolute atomic E-state index is 0.0787. The van der Waals surface area contributed by atoms with Crippen LogP contribution >= 0.6 is 0 Å². The van der Waals surface area contributed by atoms with Crippen LogP contribution in [0.5, 0.6) is 0 Å². The molecule has 1 fully saturated rings. The standard InChI is InChI=1S/C4H8O3/c5-1-3(6)4-2-7-4/h3-6H,1-2H2/t3-,4+/m0/s1. The molecule has 1 heterocycles. The zero-order valence-corrected chi connectivity index (χ0v) is 3.87. The summed E-state index contributed by atoms with van der Waals surface area (Å²) in [6, 6.07) is 0. The average molecular weight is 104 g/mol. The first-order valence-corrected chi connectivity index (χ1v) is 2.25. The van der Waals surface area contributed by atoms with Gasteiger partial charge in [0, 0.05) is 0 Å². The number of aliphatic hydroxyl groups excluding tert-OH is 2. The fraction of sp³-hybridized carbons (Fsp3) is 1.00. The Hall–Kier alpha value is -0.120. The summed E-state index contributed by atoms with van der Waals surface area (Å²) in [7, 11) is 0. The van der Waals surface area contributed by atoms with Gasteiger partial charge < -0.3 is 14.9 Å². The molecule has 1 aliphatic heterocycles. The molecule has 0 aromatic heterocycles. The van der Waals surface area contributed by atoms with Gasteiger partial charge >= 0.3 is 0 Å². The lowest BCUT2D eigenvalue weighted by Gasteiger charge is -1.97. The van der Waals surface area contributed by atoms with E-state index in [1.54, 1.807) is 0 Å². The molecule has 3 nitrogen and oxygen atoms in total. The van der Waals surface area contributed by atoms with E-state index in [9.17, 15) is 0 Å². The minimum atomic E-state index is -0.653. The van der Waals surface area contributed by atoms with Gasteiger partial charge in [0.15, 0.2) is 0 Å². The van der Waals surface area contributed by atoms with Crippen LogP contribution in [0.1, 0.15) is 0 Å². The van der Waals surface area contributed by atoms with E-state index in [1.807, 2.05) is 0 Å². The molecular weight excluding hydrogens is 96.0 g/mol. The van der Waals surface area contributed by atoms with Crippen LogP contribution in [0.15, 0.2) is 0 Å². The van der Waals surface area contributed by atoms with Gasteiger partial charge in [-0.1, -0.05) is 0 Å². The summed E-state index contributed by atoms with van der Waals surface area (Å²) in [4.78, 5) is 0. The number of aliphatic hydroxyl groups is 2. The summed E-state index contributed by atoms with van der Waals surface area (Å²) in [5.74, 6) is 0. The summed E-state index contributed by atoms with van der Waals surface area (Å²) < 4.78 is 4.65. The van der Waals surface area contributed by atoms with Gasteiger partial charge in [0.2, 0.25) is 0 Å². The van der Waals surface area contributed by atoms with E-state index in [1.165, 1.54) is 0 Å². The monoisotopic (exact) mass is 104 g/mol. The molecule has 0 aromatic carbocycles. The van der Waals surface area contributed by atoms with Gasteiger partial charge in [0.25, 0.3) is 0 Å². The lowest BCUT2D eigenvalue weighted by atomic mass is 10.3. The lowest BCUT2D eigenvalue weighted by molar-refractivity contribution is 0.0706. The molecular formula is C4H8O3. The van der Waals surface area contributed by atoms with Gasteiger partial charge in [-0.05, 0) is 0 Å². The molecule has 1 saturated heterocycles. The van der Waals surface area contributed by atoms with Crippen LogP contribution in [0.4, 0.5) is 0 Å².